The molecule has 0 aromatic heterocycles. The fraction of sp³-hybridized carbons (Fsp3) is 0.200. The lowest BCUT2D eigenvalue weighted by Crippen LogP contribution is -2.26. The van der Waals surface area contributed by atoms with Crippen molar-refractivity contribution in [3.63, 3.8) is 0 Å². The van der Waals surface area contributed by atoms with E-state index in [9.17, 15) is 8.42 Å². The molecule has 0 saturated heterocycles. The van der Waals surface area contributed by atoms with E-state index in [4.69, 9.17) is 21.1 Å². The van der Waals surface area contributed by atoms with E-state index in [2.05, 4.69) is 4.72 Å². The molecule has 27 heavy (non-hydrogen) atoms. The fourth-order valence-corrected chi connectivity index (χ4v) is 4.38. The number of fused-ring (bicyclic) bond motifs is 1. The number of rotatable bonds is 7. The van der Waals surface area contributed by atoms with Crippen LogP contribution in [0.1, 0.15) is 5.56 Å². The number of hydrogen-bond acceptors (Lipinski definition) is 4. The normalized spacial score (nSPS) is 11.5. The summed E-state index contributed by atoms with van der Waals surface area (Å²) in [5, 5.41) is 1.83. The third-order valence-corrected chi connectivity index (χ3v) is 6.12. The van der Waals surface area contributed by atoms with Gasteiger partial charge < -0.3 is 9.47 Å². The lowest BCUT2D eigenvalue weighted by atomic mass is 10.1. The molecule has 0 amide bonds. The van der Waals surface area contributed by atoms with Crippen LogP contribution in [0.5, 0.6) is 11.5 Å². The largest absolute Gasteiger partial charge is 0.493 e. The second-order valence-electron chi connectivity index (χ2n) is 5.93. The van der Waals surface area contributed by atoms with Gasteiger partial charge in [-0.15, -0.1) is 0 Å². The van der Waals surface area contributed by atoms with E-state index in [1.165, 1.54) is 6.07 Å². The van der Waals surface area contributed by atoms with E-state index in [1.807, 2.05) is 18.2 Å². The number of benzene rings is 3. The molecule has 7 heteroatoms. The smallest absolute Gasteiger partial charge is 0.241 e. The second-order valence-corrected chi connectivity index (χ2v) is 8.07. The lowest BCUT2D eigenvalue weighted by Gasteiger charge is -2.12. The van der Waals surface area contributed by atoms with E-state index >= 15 is 0 Å². The van der Waals surface area contributed by atoms with E-state index in [1.54, 1.807) is 44.6 Å². The first-order chi connectivity index (χ1) is 13.0. The van der Waals surface area contributed by atoms with Crippen molar-refractivity contribution in [2.45, 2.75) is 11.3 Å². The van der Waals surface area contributed by atoms with Crippen LogP contribution in [-0.2, 0) is 16.4 Å². The Morgan fingerprint density at radius 3 is 2.33 bits per heavy atom. The first kappa shape index (κ1) is 19.5. The maximum absolute atomic E-state index is 12.8. The molecule has 142 valence electrons. The summed E-state index contributed by atoms with van der Waals surface area (Å²) in [4.78, 5) is 0.217. The van der Waals surface area contributed by atoms with Crippen molar-refractivity contribution in [3.05, 3.63) is 65.2 Å². The maximum atomic E-state index is 12.8. The number of halogens is 1. The highest BCUT2D eigenvalue weighted by Crippen LogP contribution is 2.29. The monoisotopic (exact) mass is 405 g/mol. The third-order valence-electron chi connectivity index (χ3n) is 4.27. The minimum absolute atomic E-state index is 0.217. The molecule has 0 fully saturated rings. The molecule has 0 saturated carbocycles. The van der Waals surface area contributed by atoms with Crippen LogP contribution in [0, 0.1) is 0 Å². The van der Waals surface area contributed by atoms with E-state index < -0.39 is 10.0 Å². The molecule has 3 aromatic carbocycles. The molecule has 0 aliphatic rings. The Balaban J connectivity index is 1.78. The minimum atomic E-state index is -3.67. The molecule has 5 nitrogen and oxygen atoms in total. The van der Waals surface area contributed by atoms with E-state index in [0.717, 1.165) is 5.56 Å². The van der Waals surface area contributed by atoms with Crippen LogP contribution >= 0.6 is 11.6 Å². The highest BCUT2D eigenvalue weighted by Gasteiger charge is 2.18. The van der Waals surface area contributed by atoms with Gasteiger partial charge in [0.05, 0.1) is 19.1 Å². The highest BCUT2D eigenvalue weighted by atomic mass is 35.5. The van der Waals surface area contributed by atoms with Gasteiger partial charge in [-0.2, -0.15) is 0 Å². The zero-order valence-corrected chi connectivity index (χ0v) is 16.6. The average Bonchev–Trinajstić information content (AvgIpc) is 2.68. The Bertz CT molecular complexity index is 1070. The Hall–Kier alpha value is -2.28. The Morgan fingerprint density at radius 2 is 1.63 bits per heavy atom. The summed E-state index contributed by atoms with van der Waals surface area (Å²) in [5.41, 5.74) is 0.941. The quantitative estimate of drug-likeness (QED) is 0.644. The van der Waals surface area contributed by atoms with Crippen LogP contribution in [-0.4, -0.2) is 29.2 Å². The summed E-state index contributed by atoms with van der Waals surface area (Å²) < 4.78 is 38.7. The Morgan fingerprint density at radius 1 is 0.926 bits per heavy atom. The molecule has 0 radical (unpaired) electrons. The van der Waals surface area contributed by atoms with E-state index in [-0.39, 0.29) is 11.4 Å². The number of nitrogens with one attached hydrogen (secondary N) is 1. The van der Waals surface area contributed by atoms with Gasteiger partial charge in [-0.1, -0.05) is 41.9 Å². The van der Waals surface area contributed by atoms with Crippen LogP contribution in [0.3, 0.4) is 0 Å². The molecule has 0 aliphatic heterocycles. The van der Waals surface area contributed by atoms with Crippen LogP contribution in [0.25, 0.3) is 10.8 Å². The van der Waals surface area contributed by atoms with Gasteiger partial charge in [0.2, 0.25) is 10.0 Å². The lowest BCUT2D eigenvalue weighted by molar-refractivity contribution is 0.354. The van der Waals surface area contributed by atoms with Gasteiger partial charge in [-0.3, -0.25) is 0 Å². The summed E-state index contributed by atoms with van der Waals surface area (Å²) in [6.45, 7) is 0.259. The molecule has 0 spiro atoms. The van der Waals surface area contributed by atoms with Crippen molar-refractivity contribution in [2.75, 3.05) is 20.8 Å². The summed E-state index contributed by atoms with van der Waals surface area (Å²) in [5.74, 6) is 1.25. The summed E-state index contributed by atoms with van der Waals surface area (Å²) in [6, 6.07) is 15.8. The molecule has 0 unspecified atom stereocenters. The standard InChI is InChI=1S/C20H20ClNO4S/c1-25-18-9-7-14(13-19(18)26-2)11-12-22-27(23,24)20-10-8-17(21)15-5-3-4-6-16(15)20/h3-10,13,22H,11-12H2,1-2H3. The van der Waals surface area contributed by atoms with Crippen LogP contribution < -0.4 is 14.2 Å². The molecule has 1 N–H and O–H groups in total. The van der Waals surface area contributed by atoms with Crippen molar-refractivity contribution >= 4 is 32.4 Å². The van der Waals surface area contributed by atoms with Gasteiger partial charge in [0.25, 0.3) is 0 Å². The van der Waals surface area contributed by atoms with Gasteiger partial charge in [-0.05, 0) is 36.2 Å². The molecular weight excluding hydrogens is 386 g/mol. The molecule has 0 heterocycles. The molecule has 3 aromatic rings. The van der Waals surface area contributed by atoms with Crippen LogP contribution in [0.4, 0.5) is 0 Å². The number of hydrogen-bond donors (Lipinski definition) is 1. The minimum Gasteiger partial charge on any atom is -0.493 e. The van der Waals surface area contributed by atoms with Crippen molar-refractivity contribution < 1.29 is 17.9 Å². The number of ether oxygens (including phenoxy) is 2. The third kappa shape index (κ3) is 4.18. The van der Waals surface area contributed by atoms with Crippen molar-refractivity contribution in [1.82, 2.24) is 4.72 Å². The molecule has 0 atom stereocenters. The van der Waals surface area contributed by atoms with Gasteiger partial charge in [0.1, 0.15) is 0 Å². The zero-order chi connectivity index (χ0) is 19.4. The Kier molecular flexibility index (Phi) is 5.89. The predicted molar refractivity (Wildman–Crippen MR) is 107 cm³/mol. The maximum Gasteiger partial charge on any atom is 0.241 e. The van der Waals surface area contributed by atoms with Crippen molar-refractivity contribution in [1.29, 1.82) is 0 Å². The van der Waals surface area contributed by atoms with Gasteiger partial charge in [0, 0.05) is 22.3 Å². The Labute approximate surface area is 163 Å². The SMILES string of the molecule is COc1ccc(CCNS(=O)(=O)c2ccc(Cl)c3ccccc23)cc1OC. The second kappa shape index (κ2) is 8.17. The van der Waals surface area contributed by atoms with Gasteiger partial charge in [-0.25, -0.2) is 13.1 Å². The van der Waals surface area contributed by atoms with Crippen molar-refractivity contribution in [2.24, 2.45) is 0 Å². The topological polar surface area (TPSA) is 64.6 Å². The first-order valence-corrected chi connectivity index (χ1v) is 10.2. The molecule has 0 bridgehead atoms. The zero-order valence-electron chi connectivity index (χ0n) is 15.0. The number of methoxy groups -OCH3 is 2. The predicted octanol–water partition coefficient (Wildman–Crippen LogP) is 4.03. The molecular formula is C20H20ClNO4S. The fourth-order valence-electron chi connectivity index (χ4n) is 2.91. The summed E-state index contributed by atoms with van der Waals surface area (Å²) in [7, 11) is -0.530. The number of sulfonamides is 1. The molecule has 0 aliphatic carbocycles. The van der Waals surface area contributed by atoms with E-state index in [0.29, 0.717) is 33.7 Å². The first-order valence-electron chi connectivity index (χ1n) is 8.34. The van der Waals surface area contributed by atoms with Crippen LogP contribution in [0.15, 0.2) is 59.5 Å². The molecule has 3 rings (SSSR count). The van der Waals surface area contributed by atoms with Crippen molar-refractivity contribution in [3.8, 4) is 11.5 Å². The van der Waals surface area contributed by atoms with Gasteiger partial charge in [0.15, 0.2) is 11.5 Å². The summed E-state index contributed by atoms with van der Waals surface area (Å²) >= 11 is 6.18. The summed E-state index contributed by atoms with van der Waals surface area (Å²) in [6.07, 6.45) is 0.519. The highest BCUT2D eigenvalue weighted by molar-refractivity contribution is 7.89. The average molecular weight is 406 g/mol. The van der Waals surface area contributed by atoms with Gasteiger partial charge >= 0.3 is 0 Å². The van der Waals surface area contributed by atoms with Crippen LogP contribution in [0.2, 0.25) is 5.02 Å².